The van der Waals surface area contributed by atoms with Crippen LogP contribution in [0.25, 0.3) is 5.69 Å². The molecule has 2 heterocycles. The first-order valence-corrected chi connectivity index (χ1v) is 8.95. The summed E-state index contributed by atoms with van der Waals surface area (Å²) in [5.74, 6) is -0.707. The summed E-state index contributed by atoms with van der Waals surface area (Å²) in [5.41, 5.74) is 0.759. The van der Waals surface area contributed by atoms with Gasteiger partial charge >= 0.3 is 0 Å². The number of benzene rings is 2. The zero-order valence-corrected chi connectivity index (χ0v) is 15.0. The number of fused-ring (bicyclic) bond motifs is 1. The summed E-state index contributed by atoms with van der Waals surface area (Å²) in [6.07, 6.45) is 3.57. The van der Waals surface area contributed by atoms with Gasteiger partial charge < -0.3 is 14.6 Å². The number of likely N-dealkylation sites (N-methyl/N-ethyl adjacent to an activating group) is 1. The van der Waals surface area contributed by atoms with Crippen molar-refractivity contribution in [2.45, 2.75) is 18.9 Å². The Hall–Kier alpha value is -3.18. The quantitative estimate of drug-likeness (QED) is 0.710. The molecule has 5 nitrogen and oxygen atoms in total. The zero-order chi connectivity index (χ0) is 19.0. The Kier molecular flexibility index (Phi) is 4.16. The summed E-state index contributed by atoms with van der Waals surface area (Å²) in [7, 11) is 0. The minimum absolute atomic E-state index is 0.266. The summed E-state index contributed by atoms with van der Waals surface area (Å²) in [6, 6.07) is 18.1. The van der Waals surface area contributed by atoms with E-state index >= 15 is 0 Å². The molecule has 0 aliphatic carbocycles. The molecule has 3 aromatic rings. The highest BCUT2D eigenvalue weighted by atomic mass is 16.3. The number of carbonyl (C=O) groups is 2. The van der Waals surface area contributed by atoms with Crippen molar-refractivity contribution in [2.75, 3.05) is 11.4 Å². The van der Waals surface area contributed by atoms with Gasteiger partial charge in [0.05, 0.1) is 12.1 Å². The maximum atomic E-state index is 12.8. The number of nitrogens with zero attached hydrogens (tertiary/aromatic N) is 2. The molecule has 5 heteroatoms. The number of amides is 1. The monoisotopic (exact) mass is 360 g/mol. The fourth-order valence-electron chi connectivity index (χ4n) is 3.65. The molecule has 0 radical (unpaired) electrons. The van der Waals surface area contributed by atoms with Crippen molar-refractivity contribution >= 4 is 17.4 Å². The third kappa shape index (κ3) is 2.76. The molecule has 1 N–H and O–H groups in total. The molecule has 4 rings (SSSR count). The number of carbonyl (C=O) groups excluding carboxylic acids is 2. The molecule has 136 valence electrons. The van der Waals surface area contributed by atoms with Gasteiger partial charge in [0.25, 0.3) is 5.91 Å². The topological polar surface area (TPSA) is 62.5 Å². The molecule has 0 saturated carbocycles. The SMILES string of the molecule is CCN1C(=O)[C@](O)(CC(=O)c2ccc(-n3cccc3)cc2)c2ccccc21. The highest BCUT2D eigenvalue weighted by Crippen LogP contribution is 2.42. The smallest absolute Gasteiger partial charge is 0.264 e. The lowest BCUT2D eigenvalue weighted by molar-refractivity contribution is -0.135. The number of para-hydroxylation sites is 1. The van der Waals surface area contributed by atoms with Crippen LogP contribution in [0.3, 0.4) is 0 Å². The Balaban J connectivity index is 1.61. The molecule has 0 saturated heterocycles. The normalized spacial score (nSPS) is 18.6. The molecule has 27 heavy (non-hydrogen) atoms. The number of Topliss-reactive ketones (excluding diaryl/α,β-unsaturated/α-hetero) is 1. The molecule has 1 amide bonds. The minimum Gasteiger partial charge on any atom is -0.375 e. The Morgan fingerprint density at radius 1 is 1.00 bits per heavy atom. The average Bonchev–Trinajstić information content (AvgIpc) is 3.29. The van der Waals surface area contributed by atoms with Gasteiger partial charge in [-0.2, -0.15) is 0 Å². The first-order chi connectivity index (χ1) is 13.0. The van der Waals surface area contributed by atoms with E-state index in [0.29, 0.717) is 23.4 Å². The second-order valence-electron chi connectivity index (χ2n) is 6.66. The van der Waals surface area contributed by atoms with Gasteiger partial charge in [-0.1, -0.05) is 18.2 Å². The van der Waals surface area contributed by atoms with Gasteiger partial charge in [0.15, 0.2) is 11.4 Å². The van der Waals surface area contributed by atoms with Crippen LogP contribution in [-0.2, 0) is 10.4 Å². The van der Waals surface area contributed by atoms with Crippen LogP contribution >= 0.6 is 0 Å². The lowest BCUT2D eigenvalue weighted by Gasteiger charge is -2.22. The third-order valence-corrected chi connectivity index (χ3v) is 5.06. The Morgan fingerprint density at radius 3 is 2.33 bits per heavy atom. The van der Waals surface area contributed by atoms with E-state index in [1.165, 1.54) is 4.90 Å². The van der Waals surface area contributed by atoms with E-state index in [9.17, 15) is 14.7 Å². The van der Waals surface area contributed by atoms with E-state index in [0.717, 1.165) is 5.69 Å². The van der Waals surface area contributed by atoms with Crippen molar-refractivity contribution in [3.63, 3.8) is 0 Å². The van der Waals surface area contributed by atoms with Gasteiger partial charge in [-0.15, -0.1) is 0 Å². The van der Waals surface area contributed by atoms with Crippen LogP contribution in [0.5, 0.6) is 0 Å². The second kappa shape index (κ2) is 6.52. The van der Waals surface area contributed by atoms with Crippen LogP contribution in [0, 0.1) is 0 Å². The summed E-state index contributed by atoms with van der Waals surface area (Å²) >= 11 is 0. The summed E-state index contributed by atoms with van der Waals surface area (Å²) in [5, 5.41) is 11.1. The van der Waals surface area contributed by atoms with Crippen LogP contribution in [0.1, 0.15) is 29.3 Å². The predicted octanol–water partition coefficient (Wildman–Crippen LogP) is 3.30. The first kappa shape index (κ1) is 17.2. The molecule has 2 aromatic carbocycles. The second-order valence-corrected chi connectivity index (χ2v) is 6.66. The van der Waals surface area contributed by atoms with Gasteiger partial charge in [-0.05, 0) is 49.4 Å². The molecule has 0 fully saturated rings. The third-order valence-electron chi connectivity index (χ3n) is 5.06. The lowest BCUT2D eigenvalue weighted by Crippen LogP contribution is -2.41. The molecular weight excluding hydrogens is 340 g/mol. The number of ketones is 1. The van der Waals surface area contributed by atoms with Crippen molar-refractivity contribution in [1.29, 1.82) is 0 Å². The van der Waals surface area contributed by atoms with Crippen molar-refractivity contribution < 1.29 is 14.7 Å². The lowest BCUT2D eigenvalue weighted by atomic mass is 9.88. The summed E-state index contributed by atoms with van der Waals surface area (Å²) in [4.78, 5) is 27.2. The van der Waals surface area contributed by atoms with E-state index < -0.39 is 11.5 Å². The average molecular weight is 360 g/mol. The fraction of sp³-hybridized carbons (Fsp3) is 0.182. The van der Waals surface area contributed by atoms with Gasteiger partial charge in [-0.25, -0.2) is 0 Å². The van der Waals surface area contributed by atoms with Crippen molar-refractivity contribution in [2.24, 2.45) is 0 Å². The Labute approximate surface area is 157 Å². The number of aliphatic hydroxyl groups is 1. The maximum Gasteiger partial charge on any atom is 0.264 e. The molecule has 0 spiro atoms. The molecule has 0 bridgehead atoms. The van der Waals surface area contributed by atoms with E-state index in [2.05, 4.69) is 0 Å². The summed E-state index contributed by atoms with van der Waals surface area (Å²) in [6.45, 7) is 2.29. The van der Waals surface area contributed by atoms with E-state index in [-0.39, 0.29) is 12.2 Å². The van der Waals surface area contributed by atoms with Crippen molar-refractivity contribution in [3.05, 3.63) is 84.2 Å². The first-order valence-electron chi connectivity index (χ1n) is 8.95. The fourth-order valence-corrected chi connectivity index (χ4v) is 3.65. The molecule has 1 aliphatic rings. The van der Waals surface area contributed by atoms with Crippen LogP contribution in [0.2, 0.25) is 0 Å². The van der Waals surface area contributed by atoms with Crippen molar-refractivity contribution in [3.8, 4) is 5.69 Å². The number of hydrogen-bond acceptors (Lipinski definition) is 3. The molecule has 1 aliphatic heterocycles. The maximum absolute atomic E-state index is 12.8. The molecule has 1 atom stereocenters. The van der Waals surface area contributed by atoms with Crippen LogP contribution in [-0.4, -0.2) is 27.9 Å². The molecule has 0 unspecified atom stereocenters. The largest absolute Gasteiger partial charge is 0.375 e. The van der Waals surface area contributed by atoms with Crippen molar-refractivity contribution in [1.82, 2.24) is 4.57 Å². The highest BCUT2D eigenvalue weighted by molar-refractivity contribution is 6.10. The number of anilines is 1. The number of hydrogen-bond donors (Lipinski definition) is 1. The van der Waals surface area contributed by atoms with Crippen LogP contribution < -0.4 is 4.90 Å². The van der Waals surface area contributed by atoms with E-state index in [4.69, 9.17) is 0 Å². The molecular formula is C22H20N2O3. The van der Waals surface area contributed by atoms with Gasteiger partial charge in [0.2, 0.25) is 0 Å². The van der Waals surface area contributed by atoms with E-state index in [1.807, 2.05) is 54.2 Å². The Bertz CT molecular complexity index is 993. The molecule has 1 aromatic heterocycles. The van der Waals surface area contributed by atoms with Crippen LogP contribution in [0.15, 0.2) is 73.1 Å². The van der Waals surface area contributed by atoms with Gasteiger partial charge in [0.1, 0.15) is 0 Å². The van der Waals surface area contributed by atoms with Gasteiger partial charge in [-0.3, -0.25) is 9.59 Å². The number of aromatic nitrogens is 1. The highest BCUT2D eigenvalue weighted by Gasteiger charge is 2.50. The predicted molar refractivity (Wildman–Crippen MR) is 103 cm³/mol. The zero-order valence-electron chi connectivity index (χ0n) is 15.0. The van der Waals surface area contributed by atoms with E-state index in [1.54, 1.807) is 30.3 Å². The van der Waals surface area contributed by atoms with Crippen LogP contribution in [0.4, 0.5) is 5.69 Å². The Morgan fingerprint density at radius 2 is 1.67 bits per heavy atom. The summed E-state index contributed by atoms with van der Waals surface area (Å²) < 4.78 is 1.94. The standard InChI is InChI=1S/C22H20N2O3/c1-2-24-19-8-4-3-7-18(19)22(27,21(24)26)15-20(25)16-9-11-17(12-10-16)23-13-5-6-14-23/h3-14,27H,2,15H2,1H3/t22-/m0/s1. The minimum atomic E-state index is -1.82. The van der Waals surface area contributed by atoms with Gasteiger partial charge in [0, 0.05) is 35.8 Å². The number of rotatable bonds is 5.